The molecule has 2 unspecified atom stereocenters. The third-order valence-electron chi connectivity index (χ3n) is 7.51. The first kappa shape index (κ1) is 30.6. The predicted molar refractivity (Wildman–Crippen MR) is 148 cm³/mol. The summed E-state index contributed by atoms with van der Waals surface area (Å²) >= 11 is 0. The van der Waals surface area contributed by atoms with Crippen molar-refractivity contribution in [2.24, 2.45) is 0 Å². The lowest BCUT2D eigenvalue weighted by atomic mass is 10.1. The maximum Gasteiger partial charge on any atom is 0.694 e. The number of anilines is 2. The smallest absolute Gasteiger partial charge is 0.389 e. The summed E-state index contributed by atoms with van der Waals surface area (Å²) in [6.07, 6.45) is -6.25. The Hall–Kier alpha value is -3.39. The molecule has 44 heavy (non-hydrogen) atoms. The van der Waals surface area contributed by atoms with E-state index in [2.05, 4.69) is 24.5 Å². The largest absolute Gasteiger partial charge is 0.694 e. The molecule has 10 atom stereocenters. The molecule has 4 aromatic rings. The Balaban J connectivity index is 1.26. The summed E-state index contributed by atoms with van der Waals surface area (Å²) in [5.74, 6) is -0.0782. The Bertz CT molecular complexity index is 1830. The zero-order valence-electron chi connectivity index (χ0n) is 22.3. The number of nitrogen functional groups attached to an aromatic ring is 2. The molecule has 0 radical (unpaired) electrons. The SMILES string of the molecule is Nc1nc2c(ccn2[C@@H]2O[C@H](CO[P+](=O)O)[C@@H](O)[C@H]2P(=O)(O)OC[C@H]2O[C@@H](n3ccc4c(N)ncnc43)[C@H](O)[C@@H]2O)c(=O)[nH]1. The van der Waals surface area contributed by atoms with Gasteiger partial charge in [0.15, 0.2) is 18.1 Å². The minimum atomic E-state index is -4.95. The molecule has 0 saturated carbocycles. The van der Waals surface area contributed by atoms with Crippen LogP contribution in [-0.2, 0) is 27.7 Å². The van der Waals surface area contributed by atoms with Crippen molar-refractivity contribution in [3.05, 3.63) is 41.2 Å². The van der Waals surface area contributed by atoms with Crippen LogP contribution in [0.25, 0.3) is 22.1 Å². The van der Waals surface area contributed by atoms with Gasteiger partial charge in [0.1, 0.15) is 60.6 Å². The maximum atomic E-state index is 13.7. The third kappa shape index (κ3) is 5.29. The van der Waals surface area contributed by atoms with Gasteiger partial charge in [-0.15, -0.1) is 9.42 Å². The van der Waals surface area contributed by atoms with Crippen molar-refractivity contribution in [3.8, 4) is 0 Å². The normalized spacial score (nSPS) is 30.7. The van der Waals surface area contributed by atoms with E-state index in [1.54, 1.807) is 6.07 Å². The lowest BCUT2D eigenvalue weighted by molar-refractivity contribution is -0.0492. The fourth-order valence-electron chi connectivity index (χ4n) is 5.41. The van der Waals surface area contributed by atoms with Gasteiger partial charge in [-0.25, -0.2) is 9.97 Å². The predicted octanol–water partition coefficient (Wildman–Crippen LogP) is -1.55. The van der Waals surface area contributed by atoms with Gasteiger partial charge in [0, 0.05) is 17.0 Å². The van der Waals surface area contributed by atoms with Gasteiger partial charge in [0.2, 0.25) is 5.95 Å². The highest BCUT2D eigenvalue weighted by Crippen LogP contribution is 2.58. The number of rotatable bonds is 9. The highest BCUT2D eigenvalue weighted by atomic mass is 31.2. The first-order valence-electron chi connectivity index (χ1n) is 12.9. The fraction of sp³-hybridized carbons (Fsp3) is 0.455. The highest BCUT2D eigenvalue weighted by Gasteiger charge is 2.56. The lowest BCUT2D eigenvalue weighted by Gasteiger charge is -2.27. The van der Waals surface area contributed by atoms with E-state index < -0.39 is 83.3 Å². The summed E-state index contributed by atoms with van der Waals surface area (Å²) in [5, 5.41) is 33.0. The van der Waals surface area contributed by atoms with Crippen LogP contribution in [-0.4, -0.2) is 104 Å². The molecule has 0 aliphatic carbocycles. The van der Waals surface area contributed by atoms with Crippen LogP contribution < -0.4 is 17.0 Å². The molecule has 2 fully saturated rings. The quantitative estimate of drug-likeness (QED) is 0.0944. The number of ether oxygens (including phenoxy) is 2. The van der Waals surface area contributed by atoms with Gasteiger partial charge in [-0.05, 0) is 12.1 Å². The van der Waals surface area contributed by atoms with E-state index in [0.717, 1.165) is 0 Å². The van der Waals surface area contributed by atoms with E-state index in [-0.39, 0.29) is 22.8 Å². The van der Waals surface area contributed by atoms with E-state index in [1.807, 2.05) is 0 Å². The number of hydrogen-bond donors (Lipinski definition) is 8. The molecule has 0 aromatic carbocycles. The van der Waals surface area contributed by atoms with E-state index in [9.17, 15) is 34.1 Å². The number of nitrogens with two attached hydrogens (primary N) is 2. The second-order valence-corrected chi connectivity index (χ2v) is 12.8. The molecule has 4 aromatic heterocycles. The van der Waals surface area contributed by atoms with Crippen LogP contribution in [0.4, 0.5) is 11.8 Å². The number of H-pyrrole nitrogens is 1. The van der Waals surface area contributed by atoms with Gasteiger partial charge in [-0.1, -0.05) is 0 Å². The molecule has 6 rings (SSSR count). The lowest BCUT2D eigenvalue weighted by Crippen LogP contribution is -2.36. The molecule has 0 amide bonds. The Morgan fingerprint density at radius 2 is 1.64 bits per heavy atom. The average Bonchev–Trinajstić information content (AvgIpc) is 3.72. The zero-order chi connectivity index (χ0) is 31.5. The summed E-state index contributed by atoms with van der Waals surface area (Å²) in [6.45, 7) is -1.37. The van der Waals surface area contributed by atoms with Gasteiger partial charge < -0.3 is 54.8 Å². The molecular weight excluding hydrogens is 630 g/mol. The van der Waals surface area contributed by atoms with E-state index >= 15 is 0 Å². The number of aliphatic hydroxyl groups excluding tert-OH is 3. The fourth-order valence-corrected chi connectivity index (χ4v) is 7.33. The Morgan fingerprint density at radius 3 is 2.36 bits per heavy atom. The van der Waals surface area contributed by atoms with Crippen molar-refractivity contribution in [1.82, 2.24) is 29.1 Å². The van der Waals surface area contributed by atoms with E-state index in [4.69, 9.17) is 30.4 Å². The van der Waals surface area contributed by atoms with Crippen LogP contribution in [0.2, 0.25) is 0 Å². The third-order valence-corrected chi connectivity index (χ3v) is 9.72. The van der Waals surface area contributed by atoms with Gasteiger partial charge in [-0.2, -0.15) is 4.98 Å². The molecule has 2 saturated heterocycles. The van der Waals surface area contributed by atoms with Gasteiger partial charge in [-0.3, -0.25) is 14.3 Å². The van der Waals surface area contributed by atoms with E-state index in [1.165, 1.54) is 33.9 Å². The Kier molecular flexibility index (Phi) is 8.02. The number of aliphatic hydroxyl groups is 3. The zero-order valence-corrected chi connectivity index (χ0v) is 24.1. The molecule has 22 heteroatoms. The monoisotopic (exact) mass is 657 g/mol. The van der Waals surface area contributed by atoms with Crippen molar-refractivity contribution in [1.29, 1.82) is 0 Å². The molecule has 2 aliphatic rings. The van der Waals surface area contributed by atoms with Crippen molar-refractivity contribution >= 4 is 49.7 Å². The minimum absolute atomic E-state index is 0.0489. The van der Waals surface area contributed by atoms with Crippen LogP contribution in [0.3, 0.4) is 0 Å². The van der Waals surface area contributed by atoms with Gasteiger partial charge in [0.05, 0.1) is 17.4 Å². The molecule has 20 nitrogen and oxygen atoms in total. The van der Waals surface area contributed by atoms with Gasteiger partial charge >= 0.3 is 15.9 Å². The van der Waals surface area contributed by atoms with Crippen LogP contribution >= 0.6 is 15.9 Å². The summed E-state index contributed by atoms with van der Waals surface area (Å²) in [6, 6.07) is 2.94. The van der Waals surface area contributed by atoms with Crippen LogP contribution in [0.5, 0.6) is 0 Å². The minimum Gasteiger partial charge on any atom is -0.389 e. The average molecular weight is 657 g/mol. The highest BCUT2D eigenvalue weighted by molar-refractivity contribution is 7.53. The molecule has 2 aliphatic heterocycles. The number of nitrogens with zero attached hydrogens (tertiary/aromatic N) is 5. The first-order valence-corrected chi connectivity index (χ1v) is 15.7. The number of fused-ring (bicyclic) bond motifs is 2. The maximum absolute atomic E-state index is 13.7. The van der Waals surface area contributed by atoms with Crippen molar-refractivity contribution in [2.45, 2.75) is 48.6 Å². The summed E-state index contributed by atoms with van der Waals surface area (Å²) < 4.78 is 49.1. The number of aromatic amines is 1. The van der Waals surface area contributed by atoms with Crippen molar-refractivity contribution in [2.75, 3.05) is 24.7 Å². The molecule has 0 bridgehead atoms. The number of nitrogens with one attached hydrogen (secondary N) is 1. The summed E-state index contributed by atoms with van der Waals surface area (Å²) in [4.78, 5) is 47.0. The molecule has 10 N–H and O–H groups in total. The topological polar surface area (TPSA) is 306 Å². The second-order valence-electron chi connectivity index (χ2n) is 10.1. The molecule has 6 heterocycles. The van der Waals surface area contributed by atoms with Gasteiger partial charge in [0.25, 0.3) is 5.56 Å². The van der Waals surface area contributed by atoms with Crippen LogP contribution in [0.15, 0.2) is 35.6 Å². The number of hydrogen-bond acceptors (Lipinski definition) is 15. The first-order chi connectivity index (χ1) is 20.9. The van der Waals surface area contributed by atoms with E-state index in [0.29, 0.717) is 11.0 Å². The summed E-state index contributed by atoms with van der Waals surface area (Å²) in [5.41, 5.74) is 9.44. The standard InChI is InChI=1S/C22H26N8O12P2/c23-16-8-1-3-29(17(8)26-7-25-16)20-14(33)12(31)11(41-20)6-40-44(37,38)15-13(32)10(5-39-43(35)36)42-21(15)30-4-2-9-18(30)27-22(24)28-19(9)34/h1-4,7,10-15,20-21,31-33H,5-6H2,(H6-,23,24,25,26,27,28,34,35,36,37,38)/p+1/t10-,11-,12-,13-,14-,15-,20-,21-/m1/s1. The van der Waals surface area contributed by atoms with Crippen molar-refractivity contribution in [3.63, 3.8) is 0 Å². The second kappa shape index (κ2) is 11.5. The summed E-state index contributed by atoms with van der Waals surface area (Å²) in [7, 11) is -8.05. The molecular formula is C22H27N8O12P2+. The van der Waals surface area contributed by atoms with Crippen molar-refractivity contribution < 1.29 is 52.8 Å². The Morgan fingerprint density at radius 1 is 0.977 bits per heavy atom. The van der Waals surface area contributed by atoms with Crippen LogP contribution in [0.1, 0.15) is 12.5 Å². The number of aromatic nitrogens is 6. The molecule has 0 spiro atoms. The molecule has 236 valence electrons. The Labute approximate surface area is 246 Å². The van der Waals surface area contributed by atoms with Crippen LogP contribution in [0, 0.1) is 0 Å².